The maximum Gasteiger partial charge on any atom is 0.262 e. The summed E-state index contributed by atoms with van der Waals surface area (Å²) in [4.78, 5) is 23.1. The van der Waals surface area contributed by atoms with Crippen LogP contribution in [0.15, 0.2) is 48.5 Å². The lowest BCUT2D eigenvalue weighted by atomic mass is 10.1. The number of carbonyl (C=O) groups is 2. The first-order chi connectivity index (χ1) is 10.1. The number of benzene rings is 2. The predicted molar refractivity (Wildman–Crippen MR) is 80.3 cm³/mol. The molecule has 2 rings (SSSR count). The Morgan fingerprint density at radius 3 is 2.52 bits per heavy atom. The van der Waals surface area contributed by atoms with Crippen LogP contribution in [0.3, 0.4) is 0 Å². The summed E-state index contributed by atoms with van der Waals surface area (Å²) in [6.45, 7) is 1.67. The van der Waals surface area contributed by atoms with Gasteiger partial charge < -0.3 is 15.8 Å². The van der Waals surface area contributed by atoms with E-state index in [1.54, 1.807) is 30.3 Å². The highest BCUT2D eigenvalue weighted by molar-refractivity contribution is 5.96. The maximum absolute atomic E-state index is 11.8. The fraction of sp³-hybridized carbons (Fsp3) is 0.125. The van der Waals surface area contributed by atoms with Crippen molar-refractivity contribution < 1.29 is 14.3 Å². The number of rotatable bonds is 5. The molecule has 0 spiro atoms. The number of hydrogen-bond acceptors (Lipinski definition) is 3. The lowest BCUT2D eigenvalue weighted by molar-refractivity contribution is -0.118. The Hall–Kier alpha value is -2.82. The second-order valence-corrected chi connectivity index (χ2v) is 4.57. The molecule has 0 atom stereocenters. The molecule has 0 unspecified atom stereocenters. The molecule has 0 saturated carbocycles. The Labute approximate surface area is 122 Å². The summed E-state index contributed by atoms with van der Waals surface area (Å²) in [7, 11) is 0. The molecule has 2 aromatic rings. The van der Waals surface area contributed by atoms with E-state index in [1.165, 1.54) is 0 Å². The third kappa shape index (κ3) is 4.07. The number of amides is 2. The zero-order chi connectivity index (χ0) is 15.2. The number of nitrogens with one attached hydrogen (secondary N) is 1. The van der Waals surface area contributed by atoms with Gasteiger partial charge in [0.2, 0.25) is 0 Å². The Balaban J connectivity index is 2.01. The van der Waals surface area contributed by atoms with E-state index in [4.69, 9.17) is 10.5 Å². The highest BCUT2D eigenvalue weighted by atomic mass is 16.5. The zero-order valence-corrected chi connectivity index (χ0v) is 11.6. The molecule has 0 heterocycles. The van der Waals surface area contributed by atoms with Gasteiger partial charge in [0, 0.05) is 5.69 Å². The summed E-state index contributed by atoms with van der Waals surface area (Å²) in [5.41, 5.74) is 7.13. The molecule has 5 heteroatoms. The van der Waals surface area contributed by atoms with E-state index in [1.807, 2.05) is 25.1 Å². The largest absolute Gasteiger partial charge is 0.483 e. The molecular weight excluding hydrogens is 268 g/mol. The molecule has 0 fully saturated rings. The normalized spacial score (nSPS) is 9.95. The number of carbonyl (C=O) groups excluding carboxylic acids is 2. The number of primary amides is 1. The third-order valence-electron chi connectivity index (χ3n) is 2.82. The average Bonchev–Trinajstić information content (AvgIpc) is 2.46. The molecule has 0 radical (unpaired) electrons. The van der Waals surface area contributed by atoms with Crippen molar-refractivity contribution in [3.63, 3.8) is 0 Å². The van der Waals surface area contributed by atoms with E-state index in [0.29, 0.717) is 11.4 Å². The Morgan fingerprint density at radius 1 is 1.14 bits per heavy atom. The number of nitrogens with two attached hydrogens (primary N) is 1. The molecular formula is C16H16N2O3. The summed E-state index contributed by atoms with van der Waals surface area (Å²) in [6.07, 6.45) is 0. The Morgan fingerprint density at radius 2 is 1.86 bits per heavy atom. The summed E-state index contributed by atoms with van der Waals surface area (Å²) < 4.78 is 5.40. The molecule has 21 heavy (non-hydrogen) atoms. The van der Waals surface area contributed by atoms with Crippen LogP contribution in [-0.4, -0.2) is 18.4 Å². The van der Waals surface area contributed by atoms with Gasteiger partial charge in [0.05, 0.1) is 5.56 Å². The first-order valence-electron chi connectivity index (χ1n) is 6.44. The number of hydrogen-bond donors (Lipinski definition) is 2. The zero-order valence-electron chi connectivity index (χ0n) is 11.6. The van der Waals surface area contributed by atoms with Crippen molar-refractivity contribution in [1.29, 1.82) is 0 Å². The number of anilines is 1. The minimum atomic E-state index is -0.589. The second-order valence-electron chi connectivity index (χ2n) is 4.57. The SMILES string of the molecule is Cc1ccc(C(N)=O)c(OCC(=O)Nc2ccccc2)c1. The minimum absolute atomic E-state index is 0.196. The van der Waals surface area contributed by atoms with Gasteiger partial charge in [-0.25, -0.2) is 0 Å². The molecule has 108 valence electrons. The molecule has 0 aliphatic heterocycles. The van der Waals surface area contributed by atoms with Crippen LogP contribution in [0.25, 0.3) is 0 Å². The number of para-hydroxylation sites is 1. The van der Waals surface area contributed by atoms with Gasteiger partial charge in [0.1, 0.15) is 5.75 Å². The predicted octanol–water partition coefficient (Wildman–Crippen LogP) is 2.11. The number of aryl methyl sites for hydroxylation is 1. The fourth-order valence-corrected chi connectivity index (χ4v) is 1.81. The van der Waals surface area contributed by atoms with Crippen molar-refractivity contribution in [3.8, 4) is 5.75 Å². The van der Waals surface area contributed by atoms with Gasteiger partial charge in [-0.3, -0.25) is 9.59 Å². The van der Waals surface area contributed by atoms with Gasteiger partial charge in [-0.05, 0) is 36.8 Å². The molecule has 2 aromatic carbocycles. The van der Waals surface area contributed by atoms with Crippen LogP contribution in [0.5, 0.6) is 5.75 Å². The van der Waals surface area contributed by atoms with E-state index in [9.17, 15) is 9.59 Å². The molecule has 5 nitrogen and oxygen atoms in total. The first kappa shape index (κ1) is 14.6. The van der Waals surface area contributed by atoms with Gasteiger partial charge in [0.25, 0.3) is 11.8 Å². The van der Waals surface area contributed by atoms with Crippen LogP contribution in [0.4, 0.5) is 5.69 Å². The molecule has 2 amide bonds. The topological polar surface area (TPSA) is 81.4 Å². The van der Waals surface area contributed by atoms with Crippen LogP contribution >= 0.6 is 0 Å². The second kappa shape index (κ2) is 6.56. The summed E-state index contributed by atoms with van der Waals surface area (Å²) in [6, 6.07) is 14.1. The van der Waals surface area contributed by atoms with E-state index >= 15 is 0 Å². The van der Waals surface area contributed by atoms with Crippen molar-refractivity contribution in [2.24, 2.45) is 5.73 Å². The van der Waals surface area contributed by atoms with Gasteiger partial charge in [0.15, 0.2) is 6.61 Å². The average molecular weight is 284 g/mol. The van der Waals surface area contributed by atoms with Crippen molar-refractivity contribution >= 4 is 17.5 Å². The van der Waals surface area contributed by atoms with Crippen molar-refractivity contribution in [1.82, 2.24) is 0 Å². The standard InChI is InChI=1S/C16H16N2O3/c1-11-7-8-13(16(17)20)14(9-11)21-10-15(19)18-12-5-3-2-4-6-12/h2-9H,10H2,1H3,(H2,17,20)(H,18,19). The third-order valence-corrected chi connectivity index (χ3v) is 2.82. The first-order valence-corrected chi connectivity index (χ1v) is 6.44. The van der Waals surface area contributed by atoms with Crippen molar-refractivity contribution in [2.45, 2.75) is 6.92 Å². The lowest BCUT2D eigenvalue weighted by Gasteiger charge is -2.10. The highest BCUT2D eigenvalue weighted by Gasteiger charge is 2.11. The highest BCUT2D eigenvalue weighted by Crippen LogP contribution is 2.19. The van der Waals surface area contributed by atoms with Gasteiger partial charge in [-0.15, -0.1) is 0 Å². The summed E-state index contributed by atoms with van der Waals surface area (Å²) >= 11 is 0. The van der Waals surface area contributed by atoms with E-state index in [2.05, 4.69) is 5.32 Å². The maximum atomic E-state index is 11.8. The summed E-state index contributed by atoms with van der Waals surface area (Å²) in [5.74, 6) is -0.586. The molecule has 0 aliphatic rings. The molecule has 0 bridgehead atoms. The molecule has 0 saturated heterocycles. The van der Waals surface area contributed by atoms with E-state index in [0.717, 1.165) is 5.56 Å². The quantitative estimate of drug-likeness (QED) is 0.882. The van der Waals surface area contributed by atoms with Crippen LogP contribution in [0.1, 0.15) is 15.9 Å². The van der Waals surface area contributed by atoms with E-state index < -0.39 is 5.91 Å². The fourth-order valence-electron chi connectivity index (χ4n) is 1.81. The molecule has 0 aromatic heterocycles. The van der Waals surface area contributed by atoms with Gasteiger partial charge in [-0.1, -0.05) is 24.3 Å². The Bertz CT molecular complexity index is 654. The lowest BCUT2D eigenvalue weighted by Crippen LogP contribution is -2.21. The van der Waals surface area contributed by atoms with Gasteiger partial charge >= 0.3 is 0 Å². The molecule has 0 aliphatic carbocycles. The van der Waals surface area contributed by atoms with Crippen LogP contribution in [0.2, 0.25) is 0 Å². The van der Waals surface area contributed by atoms with Crippen LogP contribution < -0.4 is 15.8 Å². The Kier molecular flexibility index (Phi) is 4.56. The van der Waals surface area contributed by atoms with Gasteiger partial charge in [-0.2, -0.15) is 0 Å². The number of ether oxygens (including phenoxy) is 1. The molecule has 3 N–H and O–H groups in total. The van der Waals surface area contributed by atoms with E-state index in [-0.39, 0.29) is 18.1 Å². The van der Waals surface area contributed by atoms with Crippen molar-refractivity contribution in [2.75, 3.05) is 11.9 Å². The monoisotopic (exact) mass is 284 g/mol. The van der Waals surface area contributed by atoms with Crippen molar-refractivity contribution in [3.05, 3.63) is 59.7 Å². The minimum Gasteiger partial charge on any atom is -0.483 e. The smallest absolute Gasteiger partial charge is 0.262 e. The van der Waals surface area contributed by atoms with Crippen LogP contribution in [-0.2, 0) is 4.79 Å². The van der Waals surface area contributed by atoms with Crippen LogP contribution in [0, 0.1) is 6.92 Å². The summed E-state index contributed by atoms with van der Waals surface area (Å²) in [5, 5.41) is 2.70.